The van der Waals surface area contributed by atoms with Crippen molar-refractivity contribution in [3.05, 3.63) is 35.7 Å². The number of fused-ring (bicyclic) bond motifs is 5. The van der Waals surface area contributed by atoms with Crippen molar-refractivity contribution >= 4 is 5.78 Å². The van der Waals surface area contributed by atoms with E-state index in [0.717, 1.165) is 0 Å². The zero-order valence-corrected chi connectivity index (χ0v) is 15.9. The number of carbonyl (C=O) groups excluding carboxylic acids is 1. The number of carbonyl (C=O) groups is 1. The summed E-state index contributed by atoms with van der Waals surface area (Å²) in [6, 6.07) is 0. The molecule has 0 bridgehead atoms. The molecule has 0 aromatic carbocycles. The van der Waals surface area contributed by atoms with Gasteiger partial charge in [0.25, 0.3) is 0 Å². The molecule has 4 rings (SSSR count). The van der Waals surface area contributed by atoms with E-state index in [0.29, 0.717) is 0 Å². The summed E-state index contributed by atoms with van der Waals surface area (Å²) in [6.45, 7) is 2.08. The number of aliphatic hydroxyl groups is 4. The number of halogens is 2. The first kappa shape index (κ1) is 19.9. The lowest BCUT2D eigenvalue weighted by Crippen LogP contribution is -2.69. The lowest BCUT2D eigenvalue weighted by atomic mass is 9.45. The van der Waals surface area contributed by atoms with Crippen LogP contribution in [0.5, 0.6) is 0 Å². The molecule has 5 nitrogen and oxygen atoms in total. The minimum atomic E-state index is -2.32. The Balaban J connectivity index is 1.89. The van der Waals surface area contributed by atoms with Gasteiger partial charge in [-0.3, -0.25) is 4.79 Å². The first-order valence-corrected chi connectivity index (χ1v) is 9.65. The van der Waals surface area contributed by atoms with Crippen molar-refractivity contribution in [3.8, 4) is 0 Å². The van der Waals surface area contributed by atoms with Gasteiger partial charge in [-0.05, 0) is 31.3 Å². The summed E-state index contributed by atoms with van der Waals surface area (Å²) < 4.78 is 31.8. The summed E-state index contributed by atoms with van der Waals surface area (Å²) in [7, 11) is 0. The molecule has 0 amide bonds. The standard InChI is InChI=1S/C21H26F2O5/c1-18-6-4-3-5-11(18)14(22)7-13-12-8-15(25)21(28,17(27)10-24)19(12,2)9-16(26)20(13,18)23/h3-6,12-13,15-16,24-26,28H,7-10H2,1-2H3/t12-,13-,15+,16-,18-,19-,20-,21-/m0/s1. The molecule has 0 aromatic heterocycles. The van der Waals surface area contributed by atoms with E-state index >= 15 is 8.78 Å². The summed E-state index contributed by atoms with van der Waals surface area (Å²) in [5.74, 6) is -3.25. The Morgan fingerprint density at radius 2 is 1.89 bits per heavy atom. The van der Waals surface area contributed by atoms with E-state index in [1.165, 1.54) is 13.0 Å². The Morgan fingerprint density at radius 1 is 1.21 bits per heavy atom. The van der Waals surface area contributed by atoms with Crippen LogP contribution in [0.15, 0.2) is 35.7 Å². The molecule has 4 aliphatic carbocycles. The van der Waals surface area contributed by atoms with Gasteiger partial charge in [0.2, 0.25) is 0 Å². The van der Waals surface area contributed by atoms with Crippen LogP contribution in [-0.4, -0.2) is 56.3 Å². The number of hydrogen-bond donors (Lipinski definition) is 4. The van der Waals surface area contributed by atoms with Gasteiger partial charge >= 0.3 is 0 Å². The SMILES string of the molecule is C[C@]12C=CC=CC1=C(F)C[C@H]1[C@@H]3C[C@@H](O)[C@](O)(C(=O)CO)[C@@]3(C)C[C@H](O)[C@@]12F. The fraction of sp³-hybridized carbons (Fsp3) is 0.667. The molecule has 2 saturated carbocycles. The molecule has 0 radical (unpaired) electrons. The molecule has 28 heavy (non-hydrogen) atoms. The fourth-order valence-corrected chi connectivity index (χ4v) is 6.66. The van der Waals surface area contributed by atoms with E-state index < -0.39 is 64.4 Å². The molecule has 0 aromatic rings. The van der Waals surface area contributed by atoms with Crippen LogP contribution in [0.1, 0.15) is 33.1 Å². The van der Waals surface area contributed by atoms with Gasteiger partial charge in [-0.1, -0.05) is 31.2 Å². The number of allylic oxidation sites excluding steroid dienone is 6. The summed E-state index contributed by atoms with van der Waals surface area (Å²) in [5.41, 5.74) is -7.15. The third-order valence-corrected chi connectivity index (χ3v) is 8.20. The summed E-state index contributed by atoms with van der Waals surface area (Å²) in [6.07, 6.45) is 2.51. The molecule has 4 aliphatic rings. The zero-order chi connectivity index (χ0) is 20.7. The molecule has 0 saturated heterocycles. The third-order valence-electron chi connectivity index (χ3n) is 8.20. The predicted octanol–water partition coefficient (Wildman–Crippen LogP) is 1.51. The number of aliphatic hydroxyl groups excluding tert-OH is 3. The average Bonchev–Trinajstić information content (AvgIpc) is 2.85. The van der Waals surface area contributed by atoms with E-state index in [9.17, 15) is 25.2 Å². The molecule has 0 unspecified atom stereocenters. The lowest BCUT2D eigenvalue weighted by molar-refractivity contribution is -0.218. The highest BCUT2D eigenvalue weighted by atomic mass is 19.1. The molecule has 2 fully saturated rings. The van der Waals surface area contributed by atoms with Crippen molar-refractivity contribution in [3.63, 3.8) is 0 Å². The molecule has 154 valence electrons. The molecule has 8 atom stereocenters. The summed E-state index contributed by atoms with van der Waals surface area (Å²) >= 11 is 0. The van der Waals surface area contributed by atoms with Gasteiger partial charge in [0, 0.05) is 17.8 Å². The second kappa shape index (κ2) is 5.81. The van der Waals surface area contributed by atoms with Crippen molar-refractivity contribution in [2.45, 2.75) is 56.6 Å². The smallest absolute Gasteiger partial charge is 0.192 e. The maximum Gasteiger partial charge on any atom is 0.192 e. The molecule has 0 spiro atoms. The Kier molecular flexibility index (Phi) is 4.13. The molecule has 0 aliphatic heterocycles. The molecular weight excluding hydrogens is 370 g/mol. The largest absolute Gasteiger partial charge is 0.390 e. The highest BCUT2D eigenvalue weighted by molar-refractivity contribution is 5.90. The minimum Gasteiger partial charge on any atom is -0.390 e. The fourth-order valence-electron chi connectivity index (χ4n) is 6.66. The summed E-state index contributed by atoms with van der Waals surface area (Å²) in [4.78, 5) is 12.4. The van der Waals surface area contributed by atoms with Crippen LogP contribution < -0.4 is 0 Å². The quantitative estimate of drug-likeness (QED) is 0.567. The lowest BCUT2D eigenvalue weighted by Gasteiger charge is -2.61. The van der Waals surface area contributed by atoms with Gasteiger partial charge in [-0.25, -0.2) is 8.78 Å². The van der Waals surface area contributed by atoms with Gasteiger partial charge < -0.3 is 20.4 Å². The van der Waals surface area contributed by atoms with E-state index in [4.69, 9.17) is 0 Å². The second-order valence-electron chi connectivity index (χ2n) is 9.16. The van der Waals surface area contributed by atoms with E-state index in [2.05, 4.69) is 0 Å². The van der Waals surface area contributed by atoms with Crippen molar-refractivity contribution in [2.75, 3.05) is 6.61 Å². The summed E-state index contributed by atoms with van der Waals surface area (Å²) in [5, 5.41) is 42.0. The molecule has 4 N–H and O–H groups in total. The number of rotatable bonds is 2. The minimum absolute atomic E-state index is 0.111. The first-order chi connectivity index (χ1) is 13.0. The van der Waals surface area contributed by atoms with Gasteiger partial charge in [0.1, 0.15) is 12.4 Å². The number of Topliss-reactive ketones (excluding diaryl/α,β-unsaturated/α-hetero) is 1. The first-order valence-electron chi connectivity index (χ1n) is 9.65. The van der Waals surface area contributed by atoms with Crippen LogP contribution in [-0.2, 0) is 4.79 Å². The Morgan fingerprint density at radius 3 is 2.54 bits per heavy atom. The highest BCUT2D eigenvalue weighted by Gasteiger charge is 2.76. The third kappa shape index (κ3) is 1.96. The van der Waals surface area contributed by atoms with Crippen LogP contribution in [0.4, 0.5) is 8.78 Å². The Labute approximate surface area is 162 Å². The number of ketones is 1. The predicted molar refractivity (Wildman–Crippen MR) is 96.4 cm³/mol. The topological polar surface area (TPSA) is 98.0 Å². The Bertz CT molecular complexity index is 822. The van der Waals surface area contributed by atoms with Crippen molar-refractivity contribution < 1.29 is 34.0 Å². The van der Waals surface area contributed by atoms with Crippen LogP contribution >= 0.6 is 0 Å². The maximum absolute atomic E-state index is 16.7. The van der Waals surface area contributed by atoms with E-state index in [1.807, 2.05) is 0 Å². The van der Waals surface area contributed by atoms with E-state index in [1.54, 1.807) is 25.2 Å². The highest BCUT2D eigenvalue weighted by Crippen LogP contribution is 2.69. The van der Waals surface area contributed by atoms with Crippen molar-refractivity contribution in [1.29, 1.82) is 0 Å². The van der Waals surface area contributed by atoms with Crippen LogP contribution in [0.2, 0.25) is 0 Å². The average molecular weight is 396 g/mol. The van der Waals surface area contributed by atoms with Crippen molar-refractivity contribution in [1.82, 2.24) is 0 Å². The van der Waals surface area contributed by atoms with Gasteiger partial charge in [-0.15, -0.1) is 0 Å². The number of alkyl halides is 1. The molecule has 7 heteroatoms. The van der Waals surface area contributed by atoms with Crippen molar-refractivity contribution in [2.24, 2.45) is 22.7 Å². The number of hydrogen-bond acceptors (Lipinski definition) is 5. The zero-order valence-electron chi connectivity index (χ0n) is 15.9. The molecule has 0 heterocycles. The normalized spacial score (nSPS) is 52.3. The monoisotopic (exact) mass is 396 g/mol. The van der Waals surface area contributed by atoms with Gasteiger partial charge in [-0.2, -0.15) is 0 Å². The van der Waals surface area contributed by atoms with Crippen LogP contribution in [0.25, 0.3) is 0 Å². The second-order valence-corrected chi connectivity index (χ2v) is 9.16. The van der Waals surface area contributed by atoms with Crippen LogP contribution in [0, 0.1) is 22.7 Å². The maximum atomic E-state index is 16.7. The van der Waals surface area contributed by atoms with E-state index in [-0.39, 0.29) is 24.8 Å². The van der Waals surface area contributed by atoms with Crippen LogP contribution in [0.3, 0.4) is 0 Å². The molecular formula is C21H26F2O5. The Hall–Kier alpha value is -1.41. The van der Waals surface area contributed by atoms with Gasteiger partial charge in [0.15, 0.2) is 17.1 Å². The van der Waals surface area contributed by atoms with Gasteiger partial charge in [0.05, 0.1) is 17.6 Å².